The molecule has 0 unspecified atom stereocenters. The molecule has 3 N–H and O–H groups in total. The molecule has 0 saturated heterocycles. The lowest BCUT2D eigenvalue weighted by Gasteiger charge is -2.09. The van der Waals surface area contributed by atoms with Gasteiger partial charge in [0.2, 0.25) is 5.95 Å². The summed E-state index contributed by atoms with van der Waals surface area (Å²) in [7, 11) is 1.51. The Labute approximate surface area is 139 Å². The Kier molecular flexibility index (Phi) is 5.67. The number of carbonyl (C=O) groups excluding carboxylic acids is 1. The van der Waals surface area contributed by atoms with Crippen molar-refractivity contribution in [3.05, 3.63) is 41.2 Å². The van der Waals surface area contributed by atoms with Gasteiger partial charge in [-0.2, -0.15) is 5.10 Å². The molecule has 24 heavy (non-hydrogen) atoms. The van der Waals surface area contributed by atoms with Gasteiger partial charge in [0.15, 0.2) is 18.1 Å². The number of nitrogens with two attached hydrogens (primary N) is 1. The monoisotopic (exact) mass is 329 g/mol. The van der Waals surface area contributed by atoms with Crippen molar-refractivity contribution < 1.29 is 14.3 Å². The Hall–Kier alpha value is -3.16. The van der Waals surface area contributed by atoms with Gasteiger partial charge in [-0.25, -0.2) is 15.4 Å². The summed E-state index contributed by atoms with van der Waals surface area (Å²) < 4.78 is 10.5. The highest BCUT2D eigenvalue weighted by molar-refractivity contribution is 5.81. The average Bonchev–Trinajstić information content (AvgIpc) is 2.52. The van der Waals surface area contributed by atoms with E-state index >= 15 is 0 Å². The molecule has 0 aliphatic heterocycles. The highest BCUT2D eigenvalue weighted by atomic mass is 16.5. The fraction of sp³-hybridized carbons (Fsp3) is 0.250. The Morgan fingerprint density at radius 2 is 1.96 bits per heavy atom. The van der Waals surface area contributed by atoms with Crippen molar-refractivity contribution in [3.63, 3.8) is 0 Å². The molecule has 1 heterocycles. The van der Waals surface area contributed by atoms with Gasteiger partial charge in [-0.15, -0.1) is 0 Å². The van der Waals surface area contributed by atoms with Gasteiger partial charge in [-0.1, -0.05) is 0 Å². The molecular formula is C16H19N5O3. The number of amides is 1. The van der Waals surface area contributed by atoms with Gasteiger partial charge in [0, 0.05) is 11.4 Å². The van der Waals surface area contributed by atoms with Crippen molar-refractivity contribution in [2.24, 2.45) is 10.8 Å². The second-order valence-electron chi connectivity index (χ2n) is 5.01. The summed E-state index contributed by atoms with van der Waals surface area (Å²) in [5.74, 6) is 0.777. The first-order valence-electron chi connectivity index (χ1n) is 7.18. The van der Waals surface area contributed by atoms with Crippen LogP contribution in [0.5, 0.6) is 11.5 Å². The molecule has 8 nitrogen and oxygen atoms in total. The van der Waals surface area contributed by atoms with Gasteiger partial charge in [-0.05, 0) is 43.7 Å². The third-order valence-corrected chi connectivity index (χ3v) is 2.92. The van der Waals surface area contributed by atoms with Crippen LogP contribution in [0.25, 0.3) is 0 Å². The highest BCUT2D eigenvalue weighted by Crippen LogP contribution is 2.27. The number of aromatic nitrogens is 2. The van der Waals surface area contributed by atoms with E-state index in [1.807, 2.05) is 19.9 Å². The van der Waals surface area contributed by atoms with Gasteiger partial charge in [-0.3, -0.25) is 4.79 Å². The van der Waals surface area contributed by atoms with Crippen LogP contribution in [0.1, 0.15) is 17.0 Å². The van der Waals surface area contributed by atoms with Gasteiger partial charge in [0.05, 0.1) is 13.3 Å². The number of benzene rings is 1. The maximum absolute atomic E-state index is 10.8. The van der Waals surface area contributed by atoms with E-state index in [1.165, 1.54) is 7.11 Å². The van der Waals surface area contributed by atoms with Crippen LogP contribution in [0.2, 0.25) is 0 Å². The van der Waals surface area contributed by atoms with E-state index in [4.69, 9.17) is 15.2 Å². The molecule has 2 aromatic rings. The molecule has 2 rings (SSSR count). The summed E-state index contributed by atoms with van der Waals surface area (Å²) in [6, 6.07) is 7.05. The van der Waals surface area contributed by atoms with E-state index in [-0.39, 0.29) is 6.61 Å². The standard InChI is InChI=1S/C16H19N5O3/c1-10-6-11(2)20-16(19-10)21-18-8-12-4-5-13(14(7-12)23-3)24-9-15(17)22/h4-8H,9H2,1-3H3,(H2,17,22)(H,19,20,21). The molecule has 0 fully saturated rings. The van der Waals surface area contributed by atoms with Crippen LogP contribution >= 0.6 is 0 Å². The number of ether oxygens (including phenoxy) is 2. The SMILES string of the molecule is COc1cc(C=NNc2nc(C)cc(C)n2)ccc1OCC(N)=O. The van der Waals surface area contributed by atoms with Crippen molar-refractivity contribution in [2.45, 2.75) is 13.8 Å². The fourth-order valence-electron chi connectivity index (χ4n) is 1.97. The summed E-state index contributed by atoms with van der Waals surface area (Å²) in [6.07, 6.45) is 1.60. The molecule has 1 aromatic carbocycles. The van der Waals surface area contributed by atoms with Crippen LogP contribution in [-0.4, -0.2) is 35.8 Å². The van der Waals surface area contributed by atoms with Crippen molar-refractivity contribution in [1.29, 1.82) is 0 Å². The topological polar surface area (TPSA) is 112 Å². The van der Waals surface area contributed by atoms with Crippen LogP contribution in [-0.2, 0) is 4.79 Å². The molecule has 8 heteroatoms. The summed E-state index contributed by atoms with van der Waals surface area (Å²) in [5.41, 5.74) is 10.3. The Balaban J connectivity index is 2.07. The molecule has 0 aliphatic rings. The van der Waals surface area contributed by atoms with Crippen LogP contribution in [0.3, 0.4) is 0 Å². The van der Waals surface area contributed by atoms with Crippen LogP contribution in [0.4, 0.5) is 5.95 Å². The molecule has 1 amide bonds. The zero-order valence-corrected chi connectivity index (χ0v) is 13.7. The molecule has 0 saturated carbocycles. The molecule has 0 aliphatic carbocycles. The van der Waals surface area contributed by atoms with E-state index in [1.54, 1.807) is 24.4 Å². The van der Waals surface area contributed by atoms with E-state index in [0.717, 1.165) is 17.0 Å². The molecule has 0 atom stereocenters. The second-order valence-corrected chi connectivity index (χ2v) is 5.01. The lowest BCUT2D eigenvalue weighted by Crippen LogP contribution is -2.20. The first-order chi connectivity index (χ1) is 11.5. The van der Waals surface area contributed by atoms with Crippen LogP contribution in [0, 0.1) is 13.8 Å². The van der Waals surface area contributed by atoms with Crippen molar-refractivity contribution in [2.75, 3.05) is 19.1 Å². The minimum atomic E-state index is -0.555. The van der Waals surface area contributed by atoms with Gasteiger partial charge < -0.3 is 15.2 Å². The fourth-order valence-corrected chi connectivity index (χ4v) is 1.97. The van der Waals surface area contributed by atoms with Crippen molar-refractivity contribution >= 4 is 18.1 Å². The molecular weight excluding hydrogens is 310 g/mol. The average molecular weight is 329 g/mol. The predicted octanol–water partition coefficient (Wildman–Crippen LogP) is 1.41. The summed E-state index contributed by atoms with van der Waals surface area (Å²) >= 11 is 0. The summed E-state index contributed by atoms with van der Waals surface area (Å²) in [4.78, 5) is 19.2. The maximum Gasteiger partial charge on any atom is 0.255 e. The Morgan fingerprint density at radius 3 is 2.58 bits per heavy atom. The number of carbonyl (C=O) groups is 1. The number of hydrogen-bond acceptors (Lipinski definition) is 7. The minimum Gasteiger partial charge on any atom is -0.493 e. The third-order valence-electron chi connectivity index (χ3n) is 2.92. The Morgan fingerprint density at radius 1 is 1.25 bits per heavy atom. The van der Waals surface area contributed by atoms with Gasteiger partial charge >= 0.3 is 0 Å². The van der Waals surface area contributed by atoms with Gasteiger partial charge in [0.25, 0.3) is 5.91 Å². The lowest BCUT2D eigenvalue weighted by atomic mass is 10.2. The van der Waals surface area contributed by atoms with Crippen molar-refractivity contribution in [3.8, 4) is 11.5 Å². The molecule has 0 radical (unpaired) electrons. The molecule has 0 bridgehead atoms. The number of rotatable bonds is 7. The zero-order valence-electron chi connectivity index (χ0n) is 13.7. The quantitative estimate of drug-likeness (QED) is 0.587. The van der Waals surface area contributed by atoms with E-state index in [9.17, 15) is 4.79 Å². The molecule has 126 valence electrons. The molecule has 0 spiro atoms. The summed E-state index contributed by atoms with van der Waals surface area (Å²) in [6.45, 7) is 3.56. The minimum absolute atomic E-state index is 0.213. The first-order valence-corrected chi connectivity index (χ1v) is 7.18. The maximum atomic E-state index is 10.8. The van der Waals surface area contributed by atoms with E-state index in [0.29, 0.717) is 17.4 Å². The normalized spacial score (nSPS) is 10.6. The molecule has 1 aromatic heterocycles. The smallest absolute Gasteiger partial charge is 0.255 e. The lowest BCUT2D eigenvalue weighted by molar-refractivity contribution is -0.119. The van der Waals surface area contributed by atoms with Crippen LogP contribution in [0.15, 0.2) is 29.4 Å². The number of hydrazone groups is 1. The van der Waals surface area contributed by atoms with Crippen molar-refractivity contribution in [1.82, 2.24) is 9.97 Å². The largest absolute Gasteiger partial charge is 0.493 e. The van der Waals surface area contributed by atoms with Crippen LogP contribution < -0.4 is 20.6 Å². The highest BCUT2D eigenvalue weighted by Gasteiger charge is 2.06. The second kappa shape index (κ2) is 7.91. The number of aryl methyl sites for hydroxylation is 2. The number of methoxy groups -OCH3 is 1. The van der Waals surface area contributed by atoms with E-state index in [2.05, 4.69) is 20.5 Å². The number of nitrogens with one attached hydrogen (secondary N) is 1. The third kappa shape index (κ3) is 4.94. The Bertz CT molecular complexity index is 741. The first kappa shape index (κ1) is 17.2. The predicted molar refractivity (Wildman–Crippen MR) is 90.4 cm³/mol. The number of primary amides is 1. The number of hydrogen-bond donors (Lipinski definition) is 2. The number of anilines is 1. The van der Waals surface area contributed by atoms with E-state index < -0.39 is 5.91 Å². The zero-order chi connectivity index (χ0) is 17.5. The number of nitrogens with zero attached hydrogens (tertiary/aromatic N) is 3. The van der Waals surface area contributed by atoms with Gasteiger partial charge in [0.1, 0.15) is 0 Å². The summed E-state index contributed by atoms with van der Waals surface area (Å²) in [5, 5.41) is 4.10.